The van der Waals surface area contributed by atoms with E-state index in [0.29, 0.717) is 41.3 Å². The van der Waals surface area contributed by atoms with Crippen molar-refractivity contribution in [2.45, 2.75) is 50.5 Å². The summed E-state index contributed by atoms with van der Waals surface area (Å²) in [7, 11) is 0. The maximum absolute atomic E-state index is 13.1. The van der Waals surface area contributed by atoms with Crippen molar-refractivity contribution in [3.05, 3.63) is 82.5 Å². The average molecular weight is 593 g/mol. The molecule has 0 bridgehead atoms. The molecule has 0 aliphatic carbocycles. The Balaban J connectivity index is 1.09. The lowest BCUT2D eigenvalue weighted by molar-refractivity contribution is -0.119. The number of benzene rings is 2. The minimum Gasteiger partial charge on any atom is -0.353 e. The lowest BCUT2D eigenvalue weighted by atomic mass is 10.0. The number of piperidine rings is 1. The SMILES string of the molecule is Cc1ccc(C(=O)N2CCN(c3cc(Cl)nc(SCC(=O)NC4CCN(Cc5ccccc5)CC4)n3)CC2C)cc1. The summed E-state index contributed by atoms with van der Waals surface area (Å²) in [5.41, 5.74) is 3.15. The van der Waals surface area contributed by atoms with Gasteiger partial charge in [0, 0.05) is 63.0 Å². The topological polar surface area (TPSA) is 81.7 Å². The number of carbonyl (C=O) groups excluding carboxylic acids is 2. The Morgan fingerprint density at radius 3 is 2.44 bits per heavy atom. The third-order valence-electron chi connectivity index (χ3n) is 7.71. The van der Waals surface area contributed by atoms with E-state index in [1.54, 1.807) is 6.07 Å². The molecule has 1 aromatic heterocycles. The number of halogens is 1. The van der Waals surface area contributed by atoms with Gasteiger partial charge in [0.25, 0.3) is 5.91 Å². The van der Waals surface area contributed by atoms with Crippen molar-refractivity contribution in [1.29, 1.82) is 0 Å². The highest BCUT2D eigenvalue weighted by molar-refractivity contribution is 7.99. The Morgan fingerprint density at radius 1 is 1.00 bits per heavy atom. The predicted molar refractivity (Wildman–Crippen MR) is 165 cm³/mol. The lowest BCUT2D eigenvalue weighted by Gasteiger charge is -2.40. The van der Waals surface area contributed by atoms with Gasteiger partial charge in [0.05, 0.1) is 5.75 Å². The molecule has 3 heterocycles. The molecule has 0 saturated carbocycles. The number of hydrogen-bond acceptors (Lipinski definition) is 7. The van der Waals surface area contributed by atoms with Crippen LogP contribution in [0.2, 0.25) is 5.15 Å². The molecule has 2 aliphatic heterocycles. The first-order valence-corrected chi connectivity index (χ1v) is 15.6. The molecule has 2 aliphatic rings. The van der Waals surface area contributed by atoms with Gasteiger partial charge >= 0.3 is 0 Å². The number of hydrogen-bond donors (Lipinski definition) is 1. The highest BCUT2D eigenvalue weighted by Crippen LogP contribution is 2.25. The van der Waals surface area contributed by atoms with Crippen LogP contribution in [0.3, 0.4) is 0 Å². The number of nitrogens with zero attached hydrogens (tertiary/aromatic N) is 5. The highest BCUT2D eigenvalue weighted by Gasteiger charge is 2.29. The number of thioether (sulfide) groups is 1. The minimum absolute atomic E-state index is 0.00675. The molecule has 5 rings (SSSR count). The first-order valence-electron chi connectivity index (χ1n) is 14.2. The van der Waals surface area contributed by atoms with Gasteiger partial charge < -0.3 is 15.1 Å². The second kappa shape index (κ2) is 13.7. The van der Waals surface area contributed by atoms with E-state index < -0.39 is 0 Å². The zero-order valence-electron chi connectivity index (χ0n) is 23.6. The van der Waals surface area contributed by atoms with E-state index in [1.165, 1.54) is 17.3 Å². The summed E-state index contributed by atoms with van der Waals surface area (Å²) < 4.78 is 0. The van der Waals surface area contributed by atoms with Crippen molar-refractivity contribution in [1.82, 2.24) is 25.1 Å². The Labute approximate surface area is 251 Å². The highest BCUT2D eigenvalue weighted by atomic mass is 35.5. The van der Waals surface area contributed by atoms with Crippen LogP contribution < -0.4 is 10.2 Å². The quantitative estimate of drug-likeness (QED) is 0.231. The van der Waals surface area contributed by atoms with Crippen molar-refractivity contribution in [3.63, 3.8) is 0 Å². The fraction of sp³-hybridized carbons (Fsp3) is 0.419. The lowest BCUT2D eigenvalue weighted by Crippen LogP contribution is -2.54. The third-order valence-corrected chi connectivity index (χ3v) is 8.75. The summed E-state index contributed by atoms with van der Waals surface area (Å²) in [6.45, 7) is 8.81. The first kappa shape index (κ1) is 29.4. The molecule has 1 atom stereocenters. The fourth-order valence-corrected chi connectivity index (χ4v) is 6.31. The Bertz CT molecular complexity index is 1330. The number of amides is 2. The molecule has 10 heteroatoms. The van der Waals surface area contributed by atoms with Gasteiger partial charge in [-0.05, 0) is 44.4 Å². The predicted octanol–water partition coefficient (Wildman–Crippen LogP) is 4.66. The van der Waals surface area contributed by atoms with Crippen molar-refractivity contribution in [3.8, 4) is 0 Å². The van der Waals surface area contributed by atoms with E-state index in [0.717, 1.165) is 38.0 Å². The Hall–Kier alpha value is -3.14. The number of likely N-dealkylation sites (tertiary alicyclic amines) is 1. The second-order valence-electron chi connectivity index (χ2n) is 10.9. The number of rotatable bonds is 8. The van der Waals surface area contributed by atoms with Gasteiger partial charge in [-0.2, -0.15) is 0 Å². The second-order valence-corrected chi connectivity index (χ2v) is 12.2. The van der Waals surface area contributed by atoms with Crippen LogP contribution in [0.5, 0.6) is 0 Å². The summed E-state index contributed by atoms with van der Waals surface area (Å²) in [5.74, 6) is 0.979. The van der Waals surface area contributed by atoms with Gasteiger partial charge in [0.1, 0.15) is 11.0 Å². The molecular formula is C31H37ClN6O2S. The monoisotopic (exact) mass is 592 g/mol. The molecule has 2 amide bonds. The molecule has 216 valence electrons. The van der Waals surface area contributed by atoms with Crippen molar-refractivity contribution in [2.75, 3.05) is 43.4 Å². The van der Waals surface area contributed by atoms with E-state index >= 15 is 0 Å². The maximum atomic E-state index is 13.1. The third kappa shape index (κ3) is 7.99. The minimum atomic E-state index is -0.0153. The fourth-order valence-electron chi connectivity index (χ4n) is 5.42. The molecule has 8 nitrogen and oxygen atoms in total. The number of carbonyl (C=O) groups is 2. The van der Waals surface area contributed by atoms with Crippen LogP contribution in [0, 0.1) is 6.92 Å². The van der Waals surface area contributed by atoms with Gasteiger partial charge in [-0.15, -0.1) is 0 Å². The average Bonchev–Trinajstić information content (AvgIpc) is 2.97. The summed E-state index contributed by atoms with van der Waals surface area (Å²) in [6, 6.07) is 20.1. The van der Waals surface area contributed by atoms with E-state index in [1.807, 2.05) is 49.1 Å². The molecule has 2 aromatic carbocycles. The summed E-state index contributed by atoms with van der Waals surface area (Å²) in [6.07, 6.45) is 1.88. The van der Waals surface area contributed by atoms with Crippen molar-refractivity contribution in [2.24, 2.45) is 0 Å². The molecule has 0 radical (unpaired) electrons. The van der Waals surface area contributed by atoms with E-state index in [2.05, 4.69) is 44.4 Å². The van der Waals surface area contributed by atoms with Crippen LogP contribution in [0.25, 0.3) is 0 Å². The van der Waals surface area contributed by atoms with Crippen molar-refractivity contribution < 1.29 is 9.59 Å². The number of anilines is 1. The van der Waals surface area contributed by atoms with Crippen LogP contribution in [-0.4, -0.2) is 82.1 Å². The van der Waals surface area contributed by atoms with Gasteiger partial charge in [-0.1, -0.05) is 71.4 Å². The molecule has 41 heavy (non-hydrogen) atoms. The number of aromatic nitrogens is 2. The van der Waals surface area contributed by atoms with E-state index in [-0.39, 0.29) is 29.7 Å². The molecule has 3 aromatic rings. The number of nitrogens with one attached hydrogen (secondary N) is 1. The Morgan fingerprint density at radius 2 is 1.73 bits per heavy atom. The van der Waals surface area contributed by atoms with Gasteiger partial charge in [-0.25, -0.2) is 9.97 Å². The summed E-state index contributed by atoms with van der Waals surface area (Å²) >= 11 is 7.66. The molecular weight excluding hydrogens is 556 g/mol. The molecule has 2 saturated heterocycles. The Kier molecular flexibility index (Phi) is 9.80. The standard InChI is InChI=1S/C31H37ClN6O2S/c1-22-8-10-25(11-9-22)30(40)38-17-16-37(19-23(38)2)28-18-27(32)34-31(35-28)41-21-29(39)33-26-12-14-36(15-13-26)20-24-6-4-3-5-7-24/h3-11,18,23,26H,12-17,19-21H2,1-2H3,(H,33,39). The van der Waals surface area contributed by atoms with Gasteiger partial charge in [0.15, 0.2) is 5.16 Å². The molecule has 1 unspecified atom stereocenters. The largest absolute Gasteiger partial charge is 0.353 e. The van der Waals surface area contributed by atoms with Crippen LogP contribution in [0.4, 0.5) is 5.82 Å². The maximum Gasteiger partial charge on any atom is 0.254 e. The first-order chi connectivity index (χ1) is 19.8. The zero-order valence-corrected chi connectivity index (χ0v) is 25.2. The summed E-state index contributed by atoms with van der Waals surface area (Å²) in [4.78, 5) is 41.3. The van der Waals surface area contributed by atoms with Gasteiger partial charge in [-0.3, -0.25) is 14.5 Å². The van der Waals surface area contributed by atoms with Crippen LogP contribution in [0.1, 0.15) is 41.3 Å². The molecule has 0 spiro atoms. The van der Waals surface area contributed by atoms with E-state index in [9.17, 15) is 9.59 Å². The summed E-state index contributed by atoms with van der Waals surface area (Å²) in [5, 5.41) is 4.00. The zero-order chi connectivity index (χ0) is 28.8. The number of piperazine rings is 1. The molecule has 1 N–H and O–H groups in total. The number of aryl methyl sites for hydroxylation is 1. The van der Waals surface area contributed by atoms with Crippen LogP contribution >= 0.6 is 23.4 Å². The smallest absolute Gasteiger partial charge is 0.254 e. The van der Waals surface area contributed by atoms with Crippen LogP contribution in [-0.2, 0) is 11.3 Å². The van der Waals surface area contributed by atoms with Crippen LogP contribution in [0.15, 0.2) is 65.8 Å². The van der Waals surface area contributed by atoms with Crippen molar-refractivity contribution >= 4 is 41.0 Å². The van der Waals surface area contributed by atoms with Gasteiger partial charge in [0.2, 0.25) is 5.91 Å². The normalized spacial score (nSPS) is 18.4. The van der Waals surface area contributed by atoms with E-state index in [4.69, 9.17) is 16.6 Å². The molecule has 2 fully saturated rings.